The lowest BCUT2D eigenvalue weighted by atomic mass is 10.1. The molecule has 0 atom stereocenters. The van der Waals surface area contributed by atoms with E-state index in [-0.39, 0.29) is 0 Å². The van der Waals surface area contributed by atoms with E-state index in [4.69, 9.17) is 5.21 Å². The molecule has 1 aromatic rings. The standard InChI is InChI=1S/C11H13FN2O/c1-3-10(14-15)8(2)6-9-4-5-11(12)13-7-9/h4-7,15H,3H2,1-2H3/b8-6+,14-10+. The van der Waals surface area contributed by atoms with Crippen LogP contribution in [-0.4, -0.2) is 15.9 Å². The second-order valence-electron chi connectivity index (χ2n) is 3.14. The third-order valence-corrected chi connectivity index (χ3v) is 2.04. The molecule has 0 saturated heterocycles. The lowest BCUT2D eigenvalue weighted by molar-refractivity contribution is 0.318. The summed E-state index contributed by atoms with van der Waals surface area (Å²) in [7, 11) is 0. The van der Waals surface area contributed by atoms with Gasteiger partial charge in [-0.3, -0.25) is 0 Å². The quantitative estimate of drug-likeness (QED) is 0.359. The first-order valence-corrected chi connectivity index (χ1v) is 4.68. The fourth-order valence-electron chi connectivity index (χ4n) is 1.23. The summed E-state index contributed by atoms with van der Waals surface area (Å²) in [5, 5.41) is 11.9. The third kappa shape index (κ3) is 3.16. The van der Waals surface area contributed by atoms with E-state index in [9.17, 15) is 4.39 Å². The Hall–Kier alpha value is -1.71. The van der Waals surface area contributed by atoms with Gasteiger partial charge in [-0.1, -0.05) is 12.1 Å². The van der Waals surface area contributed by atoms with Gasteiger partial charge < -0.3 is 5.21 Å². The first-order valence-electron chi connectivity index (χ1n) is 4.68. The molecule has 3 nitrogen and oxygen atoms in total. The van der Waals surface area contributed by atoms with Gasteiger partial charge in [0.15, 0.2) is 0 Å². The minimum atomic E-state index is -0.503. The highest BCUT2D eigenvalue weighted by atomic mass is 19.1. The highest BCUT2D eigenvalue weighted by Gasteiger charge is 2.00. The molecule has 0 aliphatic heterocycles. The van der Waals surface area contributed by atoms with E-state index in [1.165, 1.54) is 12.3 Å². The Morgan fingerprint density at radius 3 is 2.80 bits per heavy atom. The number of nitrogens with zero attached hydrogens (tertiary/aromatic N) is 2. The molecule has 4 heteroatoms. The maximum Gasteiger partial charge on any atom is 0.212 e. The van der Waals surface area contributed by atoms with Crippen LogP contribution in [0.3, 0.4) is 0 Å². The zero-order valence-electron chi connectivity index (χ0n) is 8.74. The van der Waals surface area contributed by atoms with Crippen molar-refractivity contribution in [1.82, 2.24) is 4.98 Å². The molecule has 1 heterocycles. The van der Waals surface area contributed by atoms with Gasteiger partial charge in [-0.05, 0) is 42.7 Å². The van der Waals surface area contributed by atoms with E-state index in [0.717, 1.165) is 11.1 Å². The maximum absolute atomic E-state index is 12.5. The number of pyridine rings is 1. The van der Waals surface area contributed by atoms with E-state index in [1.807, 2.05) is 13.8 Å². The largest absolute Gasteiger partial charge is 0.411 e. The van der Waals surface area contributed by atoms with E-state index < -0.39 is 5.95 Å². The van der Waals surface area contributed by atoms with Crippen molar-refractivity contribution in [3.63, 3.8) is 0 Å². The van der Waals surface area contributed by atoms with Gasteiger partial charge in [0.05, 0.1) is 5.71 Å². The van der Waals surface area contributed by atoms with E-state index >= 15 is 0 Å². The van der Waals surface area contributed by atoms with Gasteiger partial charge >= 0.3 is 0 Å². The van der Waals surface area contributed by atoms with Gasteiger partial charge in [0.2, 0.25) is 5.95 Å². The Bertz CT molecular complexity index is 382. The van der Waals surface area contributed by atoms with Gasteiger partial charge in [0.1, 0.15) is 0 Å². The van der Waals surface area contributed by atoms with Crippen LogP contribution in [0.25, 0.3) is 6.08 Å². The summed E-state index contributed by atoms with van der Waals surface area (Å²) in [6, 6.07) is 2.91. The zero-order chi connectivity index (χ0) is 11.3. The van der Waals surface area contributed by atoms with Crippen molar-refractivity contribution in [2.45, 2.75) is 20.3 Å². The first kappa shape index (κ1) is 11.4. The van der Waals surface area contributed by atoms with Crippen LogP contribution in [0.1, 0.15) is 25.8 Å². The van der Waals surface area contributed by atoms with E-state index in [0.29, 0.717) is 12.1 Å². The van der Waals surface area contributed by atoms with Crippen LogP contribution < -0.4 is 0 Å². The van der Waals surface area contributed by atoms with E-state index in [1.54, 1.807) is 12.1 Å². The number of rotatable bonds is 3. The Kier molecular flexibility index (Phi) is 3.97. The average Bonchev–Trinajstić information content (AvgIpc) is 2.23. The molecule has 15 heavy (non-hydrogen) atoms. The average molecular weight is 208 g/mol. The van der Waals surface area contributed by atoms with Crippen molar-refractivity contribution in [1.29, 1.82) is 0 Å². The van der Waals surface area contributed by atoms with Crippen LogP contribution in [0.5, 0.6) is 0 Å². The summed E-state index contributed by atoms with van der Waals surface area (Å²) >= 11 is 0. The van der Waals surface area contributed by atoms with Gasteiger partial charge in [0, 0.05) is 6.20 Å². The minimum Gasteiger partial charge on any atom is -0.411 e. The molecule has 0 fully saturated rings. The molecule has 0 unspecified atom stereocenters. The monoisotopic (exact) mass is 208 g/mol. The molecule has 1 rings (SSSR count). The normalized spacial score (nSPS) is 13.0. The SMILES string of the molecule is CCC(=N\O)/C(C)=C/c1ccc(F)nc1. The summed E-state index contributed by atoms with van der Waals surface area (Å²) in [5.74, 6) is -0.503. The lowest BCUT2D eigenvalue weighted by Gasteiger charge is -2.01. The molecule has 0 aliphatic rings. The number of allylic oxidation sites excluding steroid dienone is 1. The fourth-order valence-corrected chi connectivity index (χ4v) is 1.23. The van der Waals surface area contributed by atoms with Crippen LogP contribution in [-0.2, 0) is 0 Å². The van der Waals surface area contributed by atoms with Crippen molar-refractivity contribution in [3.8, 4) is 0 Å². The number of hydrogen-bond donors (Lipinski definition) is 1. The summed E-state index contributed by atoms with van der Waals surface area (Å²) < 4.78 is 12.5. The highest BCUT2D eigenvalue weighted by Crippen LogP contribution is 2.09. The number of hydrogen-bond acceptors (Lipinski definition) is 3. The molecule has 0 bridgehead atoms. The van der Waals surface area contributed by atoms with Crippen LogP contribution in [0, 0.1) is 5.95 Å². The maximum atomic E-state index is 12.5. The molecule has 0 aromatic carbocycles. The second-order valence-corrected chi connectivity index (χ2v) is 3.14. The molecule has 1 aromatic heterocycles. The van der Waals surface area contributed by atoms with Gasteiger partial charge in [0.25, 0.3) is 0 Å². The molecular weight excluding hydrogens is 195 g/mol. The predicted molar refractivity (Wildman–Crippen MR) is 57.4 cm³/mol. The summed E-state index contributed by atoms with van der Waals surface area (Å²) in [6.07, 6.45) is 3.88. The van der Waals surface area contributed by atoms with Crippen LogP contribution in [0.15, 0.2) is 29.1 Å². The van der Waals surface area contributed by atoms with E-state index in [2.05, 4.69) is 10.1 Å². The molecular formula is C11H13FN2O. The fraction of sp³-hybridized carbons (Fsp3) is 0.273. The van der Waals surface area contributed by atoms with Crippen LogP contribution in [0.4, 0.5) is 4.39 Å². The van der Waals surface area contributed by atoms with Crippen molar-refractivity contribution >= 4 is 11.8 Å². The first-order chi connectivity index (χ1) is 7.17. The Labute approximate surface area is 88.0 Å². The van der Waals surface area contributed by atoms with Gasteiger partial charge in [-0.2, -0.15) is 4.39 Å². The summed E-state index contributed by atoms with van der Waals surface area (Å²) in [6.45, 7) is 3.73. The van der Waals surface area contributed by atoms with Crippen LogP contribution >= 0.6 is 0 Å². The number of oxime groups is 1. The van der Waals surface area contributed by atoms with Crippen LogP contribution in [0.2, 0.25) is 0 Å². The highest BCUT2D eigenvalue weighted by molar-refractivity contribution is 6.02. The molecule has 1 N–H and O–H groups in total. The van der Waals surface area contributed by atoms with Crippen molar-refractivity contribution < 1.29 is 9.60 Å². The number of halogens is 1. The molecule has 0 aliphatic carbocycles. The van der Waals surface area contributed by atoms with Crippen molar-refractivity contribution in [2.75, 3.05) is 0 Å². The molecule has 0 spiro atoms. The lowest BCUT2D eigenvalue weighted by Crippen LogP contribution is -1.97. The second kappa shape index (κ2) is 5.24. The van der Waals surface area contributed by atoms with Crippen molar-refractivity contribution in [3.05, 3.63) is 35.4 Å². The summed E-state index contributed by atoms with van der Waals surface area (Å²) in [4.78, 5) is 3.53. The Morgan fingerprint density at radius 2 is 2.33 bits per heavy atom. The smallest absolute Gasteiger partial charge is 0.212 e. The summed E-state index contributed by atoms with van der Waals surface area (Å²) in [5.41, 5.74) is 2.23. The topological polar surface area (TPSA) is 45.5 Å². The predicted octanol–water partition coefficient (Wildman–Crippen LogP) is 2.86. The Morgan fingerprint density at radius 1 is 1.60 bits per heavy atom. The molecule has 0 amide bonds. The molecule has 80 valence electrons. The van der Waals surface area contributed by atoms with Crippen molar-refractivity contribution in [2.24, 2.45) is 5.16 Å². The Balaban J connectivity index is 2.92. The number of aromatic nitrogens is 1. The third-order valence-electron chi connectivity index (χ3n) is 2.04. The molecule has 0 radical (unpaired) electrons. The van der Waals surface area contributed by atoms with Gasteiger partial charge in [-0.15, -0.1) is 0 Å². The van der Waals surface area contributed by atoms with Gasteiger partial charge in [-0.25, -0.2) is 4.98 Å². The zero-order valence-corrected chi connectivity index (χ0v) is 8.74. The molecule has 0 saturated carbocycles. The minimum absolute atomic E-state index is 0.503.